The molecule has 0 saturated carbocycles. The molecule has 0 N–H and O–H groups in total. The lowest BCUT2D eigenvalue weighted by Crippen LogP contribution is -2.55. The third-order valence-corrected chi connectivity index (χ3v) is 3.99. The summed E-state index contributed by atoms with van der Waals surface area (Å²) in [6.45, 7) is 5.16. The Balaban J connectivity index is 1.62. The van der Waals surface area contributed by atoms with Crippen LogP contribution in [0.5, 0.6) is 0 Å². The second kappa shape index (κ2) is 6.36. The smallest absolute Gasteiger partial charge is 0.253 e. The molecule has 7 heteroatoms. The van der Waals surface area contributed by atoms with Gasteiger partial charge in [0, 0.05) is 45.1 Å². The molecule has 0 aromatic carbocycles. The Kier molecular flexibility index (Phi) is 4.31. The first-order valence-corrected chi connectivity index (χ1v) is 7.35. The second-order valence-electron chi connectivity index (χ2n) is 5.48. The molecule has 3 heterocycles. The minimum atomic E-state index is -0.411. The number of piperazine rings is 1. The van der Waals surface area contributed by atoms with E-state index in [1.807, 2.05) is 9.80 Å². The first-order chi connectivity index (χ1) is 10.2. The Morgan fingerprint density at radius 2 is 1.90 bits per heavy atom. The van der Waals surface area contributed by atoms with Gasteiger partial charge < -0.3 is 19.4 Å². The lowest BCUT2D eigenvalue weighted by molar-refractivity contribution is -0.146. The molecule has 0 unspecified atom stereocenters. The first-order valence-electron chi connectivity index (χ1n) is 7.35. The van der Waals surface area contributed by atoms with Gasteiger partial charge >= 0.3 is 0 Å². The minimum absolute atomic E-state index is 0.0868. The van der Waals surface area contributed by atoms with Gasteiger partial charge in [0.1, 0.15) is 0 Å². The molecule has 0 aliphatic carbocycles. The molecule has 2 aliphatic rings. The first kappa shape index (κ1) is 14.2. The number of carbonyl (C=O) groups excluding carboxylic acids is 1. The topological polar surface area (TPSA) is 61.8 Å². The Labute approximate surface area is 124 Å². The zero-order valence-corrected chi connectivity index (χ0v) is 12.3. The van der Waals surface area contributed by atoms with Crippen LogP contribution >= 0.6 is 0 Å². The molecule has 2 aliphatic heterocycles. The van der Waals surface area contributed by atoms with Gasteiger partial charge in [-0.15, -0.1) is 0 Å². The van der Waals surface area contributed by atoms with E-state index in [1.165, 1.54) is 0 Å². The van der Waals surface area contributed by atoms with Crippen molar-refractivity contribution in [1.29, 1.82) is 0 Å². The molecule has 1 aromatic rings. The third-order valence-electron chi connectivity index (χ3n) is 3.99. The summed E-state index contributed by atoms with van der Waals surface area (Å²) in [5.74, 6) is 0.751. The van der Waals surface area contributed by atoms with Crippen LogP contribution in [0.4, 0.5) is 5.95 Å². The molecule has 21 heavy (non-hydrogen) atoms. The van der Waals surface area contributed by atoms with Crippen LogP contribution in [0.15, 0.2) is 18.5 Å². The number of hydrogen-bond donors (Lipinski definition) is 0. The molecule has 2 fully saturated rings. The fourth-order valence-electron chi connectivity index (χ4n) is 2.67. The largest absolute Gasteiger partial charge is 0.365 e. The average Bonchev–Trinajstić information content (AvgIpc) is 2.56. The molecule has 1 amide bonds. The summed E-state index contributed by atoms with van der Waals surface area (Å²) in [7, 11) is 2.08. The summed E-state index contributed by atoms with van der Waals surface area (Å²) >= 11 is 0. The second-order valence-corrected chi connectivity index (χ2v) is 5.48. The zero-order valence-electron chi connectivity index (χ0n) is 12.3. The number of ether oxygens (including phenoxy) is 1. The highest BCUT2D eigenvalue weighted by Gasteiger charge is 2.32. The van der Waals surface area contributed by atoms with E-state index in [2.05, 4.69) is 21.9 Å². The predicted molar refractivity (Wildman–Crippen MR) is 78.1 cm³/mol. The van der Waals surface area contributed by atoms with Gasteiger partial charge in [-0.3, -0.25) is 4.79 Å². The molecular weight excluding hydrogens is 270 g/mol. The summed E-state index contributed by atoms with van der Waals surface area (Å²) < 4.78 is 5.67. The molecule has 114 valence electrons. The summed E-state index contributed by atoms with van der Waals surface area (Å²) in [5.41, 5.74) is 0. The van der Waals surface area contributed by atoms with Crippen LogP contribution in [-0.4, -0.2) is 84.7 Å². The number of rotatable bonds is 2. The molecule has 0 spiro atoms. The van der Waals surface area contributed by atoms with Crippen LogP contribution in [0.25, 0.3) is 0 Å². The van der Waals surface area contributed by atoms with E-state index in [4.69, 9.17) is 4.74 Å². The van der Waals surface area contributed by atoms with Crippen molar-refractivity contribution >= 4 is 11.9 Å². The maximum atomic E-state index is 12.6. The van der Waals surface area contributed by atoms with Gasteiger partial charge in [-0.2, -0.15) is 0 Å². The van der Waals surface area contributed by atoms with Gasteiger partial charge in [-0.25, -0.2) is 9.97 Å². The number of morpholine rings is 1. The fraction of sp³-hybridized carbons (Fsp3) is 0.643. The Bertz CT molecular complexity index is 476. The molecule has 7 nitrogen and oxygen atoms in total. The normalized spacial score (nSPS) is 24.1. The van der Waals surface area contributed by atoms with E-state index in [9.17, 15) is 4.79 Å². The maximum Gasteiger partial charge on any atom is 0.253 e. The number of nitrogens with zero attached hydrogens (tertiary/aromatic N) is 5. The van der Waals surface area contributed by atoms with Crippen molar-refractivity contribution in [1.82, 2.24) is 19.8 Å². The van der Waals surface area contributed by atoms with E-state index in [0.29, 0.717) is 19.1 Å². The van der Waals surface area contributed by atoms with E-state index >= 15 is 0 Å². The number of amides is 1. The SMILES string of the molecule is CN1CCN(C(=O)[C@@H]2CN(c3ncccn3)CCO2)CC1. The van der Waals surface area contributed by atoms with Crippen molar-refractivity contribution in [3.8, 4) is 0 Å². The molecule has 0 bridgehead atoms. The van der Waals surface area contributed by atoms with Crippen LogP contribution in [0.3, 0.4) is 0 Å². The van der Waals surface area contributed by atoms with Crippen molar-refractivity contribution in [2.24, 2.45) is 0 Å². The van der Waals surface area contributed by atoms with Gasteiger partial charge in [0.2, 0.25) is 5.95 Å². The number of likely N-dealkylation sites (N-methyl/N-ethyl adjacent to an activating group) is 1. The highest BCUT2D eigenvalue weighted by atomic mass is 16.5. The highest BCUT2D eigenvalue weighted by Crippen LogP contribution is 2.14. The van der Waals surface area contributed by atoms with Crippen molar-refractivity contribution in [3.05, 3.63) is 18.5 Å². The third kappa shape index (κ3) is 3.30. The van der Waals surface area contributed by atoms with Crippen LogP contribution in [0.1, 0.15) is 0 Å². The summed E-state index contributed by atoms with van der Waals surface area (Å²) in [6, 6.07) is 1.79. The zero-order chi connectivity index (χ0) is 14.7. The number of aromatic nitrogens is 2. The Hall–Kier alpha value is -1.73. The van der Waals surface area contributed by atoms with Gasteiger partial charge in [0.05, 0.1) is 13.2 Å². The van der Waals surface area contributed by atoms with Crippen molar-refractivity contribution in [2.75, 3.05) is 57.8 Å². The van der Waals surface area contributed by atoms with Gasteiger partial charge in [0.15, 0.2) is 6.10 Å². The van der Waals surface area contributed by atoms with E-state index in [1.54, 1.807) is 18.5 Å². The minimum Gasteiger partial charge on any atom is -0.365 e. The van der Waals surface area contributed by atoms with E-state index in [0.717, 1.165) is 32.7 Å². The molecular formula is C14H21N5O2. The molecule has 1 atom stereocenters. The van der Waals surface area contributed by atoms with E-state index in [-0.39, 0.29) is 5.91 Å². The monoisotopic (exact) mass is 291 g/mol. The summed E-state index contributed by atoms with van der Waals surface area (Å²) in [6.07, 6.45) is 3.02. The highest BCUT2D eigenvalue weighted by molar-refractivity contribution is 5.82. The predicted octanol–water partition coefficient (Wildman–Crippen LogP) is -0.544. The maximum absolute atomic E-state index is 12.6. The molecule has 2 saturated heterocycles. The van der Waals surface area contributed by atoms with Crippen LogP contribution < -0.4 is 4.90 Å². The molecule has 3 rings (SSSR count). The Morgan fingerprint density at radius 1 is 1.19 bits per heavy atom. The van der Waals surface area contributed by atoms with Crippen molar-refractivity contribution in [3.63, 3.8) is 0 Å². The molecule has 0 radical (unpaired) electrons. The van der Waals surface area contributed by atoms with Gasteiger partial charge in [0.25, 0.3) is 5.91 Å². The van der Waals surface area contributed by atoms with Gasteiger partial charge in [-0.1, -0.05) is 0 Å². The lowest BCUT2D eigenvalue weighted by Gasteiger charge is -2.37. The number of carbonyl (C=O) groups is 1. The molecule has 1 aromatic heterocycles. The number of hydrogen-bond acceptors (Lipinski definition) is 6. The standard InChI is InChI=1S/C14H21N5O2/c1-17-5-7-18(8-6-17)13(20)12-11-19(9-10-21-12)14-15-3-2-4-16-14/h2-4,12H,5-11H2,1H3/t12-/m0/s1. The van der Waals surface area contributed by atoms with Crippen LogP contribution in [0.2, 0.25) is 0 Å². The van der Waals surface area contributed by atoms with E-state index < -0.39 is 6.10 Å². The van der Waals surface area contributed by atoms with Gasteiger partial charge in [-0.05, 0) is 13.1 Å². The quantitative estimate of drug-likeness (QED) is 0.729. The summed E-state index contributed by atoms with van der Waals surface area (Å²) in [5, 5.41) is 0. The number of anilines is 1. The average molecular weight is 291 g/mol. The van der Waals surface area contributed by atoms with Crippen molar-refractivity contribution in [2.45, 2.75) is 6.10 Å². The Morgan fingerprint density at radius 3 is 2.62 bits per heavy atom. The van der Waals surface area contributed by atoms with Crippen LogP contribution in [-0.2, 0) is 9.53 Å². The lowest BCUT2D eigenvalue weighted by atomic mass is 10.2. The fourth-order valence-corrected chi connectivity index (χ4v) is 2.67. The van der Waals surface area contributed by atoms with Crippen LogP contribution in [0, 0.1) is 0 Å². The van der Waals surface area contributed by atoms with Crippen molar-refractivity contribution < 1.29 is 9.53 Å². The summed E-state index contributed by atoms with van der Waals surface area (Å²) in [4.78, 5) is 27.2.